The van der Waals surface area contributed by atoms with Crippen molar-refractivity contribution in [3.8, 4) is 0 Å². The molecule has 1 aliphatic heterocycles. The molecule has 0 aromatic carbocycles. The number of aryl methyl sites for hydroxylation is 2. The molecule has 2 aliphatic rings. The van der Waals surface area contributed by atoms with Gasteiger partial charge >= 0.3 is 0 Å². The van der Waals surface area contributed by atoms with Gasteiger partial charge in [-0.05, 0) is 44.1 Å². The van der Waals surface area contributed by atoms with Gasteiger partial charge in [-0.1, -0.05) is 0 Å². The van der Waals surface area contributed by atoms with E-state index >= 15 is 0 Å². The normalized spacial score (nSPS) is 23.8. The Bertz CT molecular complexity index is 404. The molecule has 1 saturated heterocycles. The third-order valence-electron chi connectivity index (χ3n) is 3.96. The first-order chi connectivity index (χ1) is 8.38. The van der Waals surface area contributed by atoms with E-state index in [1.165, 1.54) is 36.9 Å². The number of fused-ring (bicyclic) bond motifs is 1. The van der Waals surface area contributed by atoms with Crippen molar-refractivity contribution in [2.45, 2.75) is 44.6 Å². The molecule has 0 bridgehead atoms. The van der Waals surface area contributed by atoms with Crippen LogP contribution in [0.4, 0.5) is 5.95 Å². The van der Waals surface area contributed by atoms with Gasteiger partial charge in [0.15, 0.2) is 0 Å². The molecule has 0 radical (unpaired) electrons. The number of hydrogen-bond donors (Lipinski definition) is 1. The Morgan fingerprint density at radius 3 is 3.12 bits per heavy atom. The number of nitrogens with two attached hydrogens (primary N) is 1. The highest BCUT2D eigenvalue weighted by atomic mass is 15.3. The SMILES string of the molecule is NCC1CCCCN1c1ncc2c(n1)CCC2. The van der Waals surface area contributed by atoms with Crippen LogP contribution in [0.1, 0.15) is 36.9 Å². The Balaban J connectivity index is 1.87. The van der Waals surface area contributed by atoms with Crippen molar-refractivity contribution in [1.29, 1.82) is 0 Å². The first-order valence-corrected chi connectivity index (χ1v) is 6.70. The molecule has 1 atom stereocenters. The van der Waals surface area contributed by atoms with E-state index in [1.54, 1.807) is 0 Å². The summed E-state index contributed by atoms with van der Waals surface area (Å²) in [4.78, 5) is 11.6. The number of hydrogen-bond acceptors (Lipinski definition) is 4. The van der Waals surface area contributed by atoms with Gasteiger partial charge in [-0.3, -0.25) is 0 Å². The molecular weight excluding hydrogens is 212 g/mol. The van der Waals surface area contributed by atoms with Gasteiger partial charge in [0, 0.05) is 31.0 Å². The zero-order valence-corrected chi connectivity index (χ0v) is 10.2. The van der Waals surface area contributed by atoms with Crippen molar-refractivity contribution >= 4 is 5.95 Å². The topological polar surface area (TPSA) is 55.0 Å². The van der Waals surface area contributed by atoms with Crippen LogP contribution < -0.4 is 10.6 Å². The predicted octanol–water partition coefficient (Wildman–Crippen LogP) is 1.28. The molecule has 0 saturated carbocycles. The maximum Gasteiger partial charge on any atom is 0.225 e. The van der Waals surface area contributed by atoms with Gasteiger partial charge in [0.1, 0.15) is 0 Å². The molecule has 1 unspecified atom stereocenters. The molecule has 0 amide bonds. The highest BCUT2D eigenvalue weighted by Gasteiger charge is 2.24. The maximum atomic E-state index is 5.85. The summed E-state index contributed by atoms with van der Waals surface area (Å²) in [5.74, 6) is 0.904. The summed E-state index contributed by atoms with van der Waals surface area (Å²) >= 11 is 0. The highest BCUT2D eigenvalue weighted by molar-refractivity contribution is 5.36. The lowest BCUT2D eigenvalue weighted by molar-refractivity contribution is 0.458. The van der Waals surface area contributed by atoms with Crippen LogP contribution in [-0.2, 0) is 12.8 Å². The fourth-order valence-electron chi connectivity index (χ4n) is 2.95. The third-order valence-corrected chi connectivity index (χ3v) is 3.96. The molecule has 4 nitrogen and oxygen atoms in total. The lowest BCUT2D eigenvalue weighted by atomic mass is 10.0. The van der Waals surface area contributed by atoms with Crippen LogP contribution in [0.2, 0.25) is 0 Å². The van der Waals surface area contributed by atoms with E-state index in [1.807, 2.05) is 6.20 Å². The van der Waals surface area contributed by atoms with Crippen LogP contribution in [0.3, 0.4) is 0 Å². The van der Waals surface area contributed by atoms with E-state index in [0.29, 0.717) is 12.6 Å². The summed E-state index contributed by atoms with van der Waals surface area (Å²) in [7, 11) is 0. The fraction of sp³-hybridized carbons (Fsp3) is 0.692. The molecule has 1 fully saturated rings. The van der Waals surface area contributed by atoms with Crippen LogP contribution in [-0.4, -0.2) is 29.1 Å². The zero-order valence-electron chi connectivity index (χ0n) is 10.2. The second-order valence-electron chi connectivity index (χ2n) is 5.07. The molecular formula is C13H20N4. The Kier molecular flexibility index (Phi) is 2.97. The standard InChI is InChI=1S/C13H20N4/c14-8-11-5-1-2-7-17(11)13-15-9-10-4-3-6-12(10)16-13/h9,11H,1-8,14H2. The summed E-state index contributed by atoms with van der Waals surface area (Å²) in [6.07, 6.45) is 9.21. The molecule has 17 heavy (non-hydrogen) atoms. The van der Waals surface area contributed by atoms with Crippen molar-refractivity contribution in [3.63, 3.8) is 0 Å². The zero-order chi connectivity index (χ0) is 11.7. The third kappa shape index (κ3) is 2.02. The van der Waals surface area contributed by atoms with E-state index in [2.05, 4.69) is 9.88 Å². The van der Waals surface area contributed by atoms with Crippen molar-refractivity contribution in [1.82, 2.24) is 9.97 Å². The van der Waals surface area contributed by atoms with E-state index in [0.717, 1.165) is 25.3 Å². The van der Waals surface area contributed by atoms with Gasteiger partial charge in [-0.25, -0.2) is 9.97 Å². The van der Waals surface area contributed by atoms with Crippen LogP contribution in [0, 0.1) is 0 Å². The Labute approximate surface area is 102 Å². The van der Waals surface area contributed by atoms with E-state index in [-0.39, 0.29) is 0 Å². The first-order valence-electron chi connectivity index (χ1n) is 6.70. The van der Waals surface area contributed by atoms with Gasteiger partial charge in [-0.2, -0.15) is 0 Å². The lowest BCUT2D eigenvalue weighted by Gasteiger charge is -2.35. The average Bonchev–Trinajstić information content (AvgIpc) is 2.85. The second-order valence-corrected chi connectivity index (χ2v) is 5.07. The fourth-order valence-corrected chi connectivity index (χ4v) is 2.95. The Morgan fingerprint density at radius 2 is 2.24 bits per heavy atom. The van der Waals surface area contributed by atoms with Gasteiger partial charge in [-0.15, -0.1) is 0 Å². The largest absolute Gasteiger partial charge is 0.337 e. The Hall–Kier alpha value is -1.16. The molecule has 2 N–H and O–H groups in total. The molecule has 2 heterocycles. The van der Waals surface area contributed by atoms with Crippen LogP contribution in [0.5, 0.6) is 0 Å². The quantitative estimate of drug-likeness (QED) is 0.834. The minimum absolute atomic E-state index is 0.434. The smallest absolute Gasteiger partial charge is 0.225 e. The Morgan fingerprint density at radius 1 is 1.29 bits per heavy atom. The number of rotatable bonds is 2. The predicted molar refractivity (Wildman–Crippen MR) is 68.1 cm³/mol. The van der Waals surface area contributed by atoms with E-state index < -0.39 is 0 Å². The summed E-state index contributed by atoms with van der Waals surface area (Å²) in [6, 6.07) is 0.434. The van der Waals surface area contributed by atoms with Crippen LogP contribution >= 0.6 is 0 Å². The minimum Gasteiger partial charge on any atom is -0.337 e. The highest BCUT2D eigenvalue weighted by Crippen LogP contribution is 2.25. The van der Waals surface area contributed by atoms with Gasteiger partial charge in [0.25, 0.3) is 0 Å². The van der Waals surface area contributed by atoms with Crippen molar-refractivity contribution in [2.24, 2.45) is 5.73 Å². The maximum absolute atomic E-state index is 5.85. The van der Waals surface area contributed by atoms with E-state index in [9.17, 15) is 0 Å². The molecule has 4 heteroatoms. The number of piperidine rings is 1. The lowest BCUT2D eigenvalue weighted by Crippen LogP contribution is -2.45. The second kappa shape index (κ2) is 4.61. The van der Waals surface area contributed by atoms with Crippen molar-refractivity contribution in [2.75, 3.05) is 18.0 Å². The van der Waals surface area contributed by atoms with Gasteiger partial charge in [0.2, 0.25) is 5.95 Å². The summed E-state index contributed by atoms with van der Waals surface area (Å²) in [5.41, 5.74) is 8.45. The van der Waals surface area contributed by atoms with Crippen molar-refractivity contribution in [3.05, 3.63) is 17.5 Å². The first kappa shape index (κ1) is 11.0. The van der Waals surface area contributed by atoms with Crippen LogP contribution in [0.15, 0.2) is 6.20 Å². The average molecular weight is 232 g/mol. The molecule has 0 spiro atoms. The molecule has 3 rings (SSSR count). The summed E-state index contributed by atoms with van der Waals surface area (Å²) in [6.45, 7) is 1.76. The number of aromatic nitrogens is 2. The van der Waals surface area contributed by atoms with Gasteiger partial charge in [0.05, 0.1) is 0 Å². The monoisotopic (exact) mass is 232 g/mol. The minimum atomic E-state index is 0.434. The van der Waals surface area contributed by atoms with E-state index in [4.69, 9.17) is 10.7 Å². The molecule has 1 aromatic rings. The summed E-state index contributed by atoms with van der Waals surface area (Å²) in [5, 5.41) is 0. The number of nitrogens with zero attached hydrogens (tertiary/aromatic N) is 3. The van der Waals surface area contributed by atoms with Crippen LogP contribution in [0.25, 0.3) is 0 Å². The molecule has 1 aromatic heterocycles. The van der Waals surface area contributed by atoms with Crippen molar-refractivity contribution < 1.29 is 0 Å². The molecule has 1 aliphatic carbocycles. The van der Waals surface area contributed by atoms with Gasteiger partial charge < -0.3 is 10.6 Å². The molecule has 92 valence electrons. The summed E-state index contributed by atoms with van der Waals surface area (Å²) < 4.78 is 0. The number of anilines is 1.